The molecule has 0 aliphatic carbocycles. The van der Waals surface area contributed by atoms with E-state index in [1.54, 1.807) is 11.8 Å². The summed E-state index contributed by atoms with van der Waals surface area (Å²) >= 11 is 1.70. The highest BCUT2D eigenvalue weighted by molar-refractivity contribution is 7.98. The van der Waals surface area contributed by atoms with Crippen molar-refractivity contribution >= 4 is 34.6 Å². The van der Waals surface area contributed by atoms with E-state index < -0.39 is 0 Å². The number of hydrogen-bond acceptors (Lipinski definition) is 6. The van der Waals surface area contributed by atoms with Crippen LogP contribution in [-0.2, 0) is 4.74 Å². The monoisotopic (exact) mass is 503 g/mol. The summed E-state index contributed by atoms with van der Waals surface area (Å²) in [5, 5.41) is 0. The van der Waals surface area contributed by atoms with E-state index in [9.17, 15) is 4.79 Å². The summed E-state index contributed by atoms with van der Waals surface area (Å²) in [6.45, 7) is 8.90. The van der Waals surface area contributed by atoms with Gasteiger partial charge in [0.25, 0.3) is 0 Å². The quantitative estimate of drug-likeness (QED) is 0.261. The van der Waals surface area contributed by atoms with Gasteiger partial charge in [-0.1, -0.05) is 30.3 Å². The fourth-order valence-electron chi connectivity index (χ4n) is 4.70. The number of morpholine rings is 1. The molecule has 0 aromatic heterocycles. The van der Waals surface area contributed by atoms with Crippen LogP contribution in [0.5, 0.6) is 0 Å². The maximum Gasteiger partial charge on any atom is 0.195 e. The normalized spacial score (nSPS) is 13.5. The number of nitrogens with zero attached hydrogens (tertiary/aromatic N) is 3. The Morgan fingerprint density at radius 3 is 2.17 bits per heavy atom. The van der Waals surface area contributed by atoms with Gasteiger partial charge in [-0.3, -0.25) is 4.79 Å². The first-order valence-corrected chi connectivity index (χ1v) is 13.9. The molecular weight excluding hydrogens is 466 g/mol. The first kappa shape index (κ1) is 26.1. The van der Waals surface area contributed by atoms with Gasteiger partial charge in [-0.25, -0.2) is 0 Å². The van der Waals surface area contributed by atoms with Gasteiger partial charge >= 0.3 is 0 Å². The molecule has 0 N–H and O–H groups in total. The molecule has 0 saturated carbocycles. The van der Waals surface area contributed by atoms with Gasteiger partial charge in [0, 0.05) is 67.5 Å². The smallest absolute Gasteiger partial charge is 0.195 e. The van der Waals surface area contributed by atoms with Crippen molar-refractivity contribution in [3.8, 4) is 11.1 Å². The predicted octanol–water partition coefficient (Wildman–Crippen LogP) is 6.06. The number of carbonyl (C=O) groups excluding carboxylic acids is 1. The maximum atomic E-state index is 14.2. The molecule has 0 unspecified atom stereocenters. The molecule has 190 valence electrons. The van der Waals surface area contributed by atoms with E-state index in [0.717, 1.165) is 59.1 Å². The summed E-state index contributed by atoms with van der Waals surface area (Å²) in [6, 6.07) is 20.6. The van der Waals surface area contributed by atoms with Crippen molar-refractivity contribution < 1.29 is 9.53 Å². The lowest BCUT2D eigenvalue weighted by molar-refractivity contribution is 0.103. The van der Waals surface area contributed by atoms with Gasteiger partial charge in [0.05, 0.1) is 24.6 Å². The minimum absolute atomic E-state index is 0.0559. The van der Waals surface area contributed by atoms with Gasteiger partial charge < -0.3 is 19.4 Å². The van der Waals surface area contributed by atoms with Crippen molar-refractivity contribution in [3.05, 3.63) is 71.8 Å². The second kappa shape index (κ2) is 11.8. The van der Waals surface area contributed by atoms with E-state index in [1.807, 2.05) is 30.3 Å². The molecule has 36 heavy (non-hydrogen) atoms. The van der Waals surface area contributed by atoms with Gasteiger partial charge in [0.2, 0.25) is 0 Å². The Labute approximate surface area is 220 Å². The third kappa shape index (κ3) is 5.25. The highest BCUT2D eigenvalue weighted by Gasteiger charge is 2.29. The van der Waals surface area contributed by atoms with E-state index in [0.29, 0.717) is 18.8 Å². The third-order valence-corrected chi connectivity index (χ3v) is 7.74. The van der Waals surface area contributed by atoms with E-state index in [2.05, 4.69) is 79.2 Å². The first-order chi connectivity index (χ1) is 17.5. The molecule has 0 radical (unpaired) electrons. The molecule has 6 heteroatoms. The molecule has 0 spiro atoms. The Morgan fingerprint density at radius 1 is 0.944 bits per heavy atom. The molecule has 1 aliphatic rings. The van der Waals surface area contributed by atoms with Crippen LogP contribution in [0.15, 0.2) is 65.6 Å². The zero-order chi connectivity index (χ0) is 25.7. The Kier molecular flexibility index (Phi) is 8.60. The predicted molar refractivity (Wildman–Crippen MR) is 154 cm³/mol. The van der Waals surface area contributed by atoms with Crippen LogP contribution in [0.3, 0.4) is 0 Å². The highest BCUT2D eigenvalue weighted by atomic mass is 32.2. The summed E-state index contributed by atoms with van der Waals surface area (Å²) in [5.41, 5.74) is 7.01. The number of rotatable bonds is 9. The van der Waals surface area contributed by atoms with Crippen molar-refractivity contribution in [3.63, 3.8) is 0 Å². The molecule has 1 fully saturated rings. The van der Waals surface area contributed by atoms with Crippen molar-refractivity contribution in [2.75, 3.05) is 74.4 Å². The molecule has 0 atom stereocenters. The van der Waals surface area contributed by atoms with Gasteiger partial charge in [-0.2, -0.15) is 0 Å². The molecule has 1 aliphatic heterocycles. The van der Waals surface area contributed by atoms with E-state index >= 15 is 0 Å². The number of ketones is 1. The summed E-state index contributed by atoms with van der Waals surface area (Å²) in [6.07, 6.45) is 2.09. The fraction of sp³-hybridized carbons (Fsp3) is 0.367. The molecular formula is C30H37N3O2S. The van der Waals surface area contributed by atoms with Crippen LogP contribution in [0.25, 0.3) is 11.1 Å². The molecule has 1 heterocycles. The minimum Gasteiger partial charge on any atom is -0.378 e. The van der Waals surface area contributed by atoms with Gasteiger partial charge in [-0.15, -0.1) is 11.8 Å². The lowest BCUT2D eigenvalue weighted by Crippen LogP contribution is -2.38. The third-order valence-electron chi connectivity index (χ3n) is 6.99. The molecule has 0 bridgehead atoms. The maximum absolute atomic E-state index is 14.2. The fourth-order valence-corrected chi connectivity index (χ4v) is 5.39. The van der Waals surface area contributed by atoms with Crippen LogP contribution >= 0.6 is 11.8 Å². The number of thioether (sulfide) groups is 1. The molecule has 5 nitrogen and oxygen atoms in total. The van der Waals surface area contributed by atoms with Gasteiger partial charge in [0.1, 0.15) is 0 Å². The second-order valence-corrected chi connectivity index (χ2v) is 9.92. The molecule has 1 saturated heterocycles. The number of benzene rings is 3. The lowest BCUT2D eigenvalue weighted by atomic mass is 9.92. The van der Waals surface area contributed by atoms with Crippen LogP contribution in [0, 0.1) is 0 Å². The Balaban J connectivity index is 1.97. The molecule has 3 aromatic rings. The first-order valence-electron chi connectivity index (χ1n) is 12.7. The minimum atomic E-state index is 0.0559. The average molecular weight is 504 g/mol. The van der Waals surface area contributed by atoms with Crippen LogP contribution in [0.1, 0.15) is 29.8 Å². The largest absolute Gasteiger partial charge is 0.378 e. The van der Waals surface area contributed by atoms with Crippen molar-refractivity contribution in [2.24, 2.45) is 0 Å². The van der Waals surface area contributed by atoms with Crippen molar-refractivity contribution in [2.45, 2.75) is 18.7 Å². The van der Waals surface area contributed by atoms with Crippen LogP contribution in [0.4, 0.5) is 17.1 Å². The van der Waals surface area contributed by atoms with E-state index in [-0.39, 0.29) is 5.78 Å². The summed E-state index contributed by atoms with van der Waals surface area (Å²) < 4.78 is 5.70. The van der Waals surface area contributed by atoms with Crippen LogP contribution in [0.2, 0.25) is 0 Å². The molecule has 0 amide bonds. The Bertz CT molecular complexity index is 1180. The number of anilines is 3. The van der Waals surface area contributed by atoms with E-state index in [4.69, 9.17) is 4.74 Å². The number of carbonyl (C=O) groups is 1. The second-order valence-electron chi connectivity index (χ2n) is 9.07. The number of hydrogen-bond donors (Lipinski definition) is 0. The zero-order valence-corrected chi connectivity index (χ0v) is 22.9. The molecule has 4 rings (SSSR count). The van der Waals surface area contributed by atoms with E-state index in [1.165, 1.54) is 5.69 Å². The summed E-state index contributed by atoms with van der Waals surface area (Å²) in [5.74, 6) is 0.0559. The summed E-state index contributed by atoms with van der Waals surface area (Å²) in [4.78, 5) is 22.1. The molecule has 3 aromatic carbocycles. The topological polar surface area (TPSA) is 36.0 Å². The highest BCUT2D eigenvalue weighted by Crippen LogP contribution is 2.47. The Morgan fingerprint density at radius 2 is 1.58 bits per heavy atom. The van der Waals surface area contributed by atoms with Crippen LogP contribution in [-0.4, -0.2) is 65.5 Å². The Hall–Kier alpha value is -2.96. The van der Waals surface area contributed by atoms with Gasteiger partial charge in [-0.05, 0) is 56.0 Å². The van der Waals surface area contributed by atoms with Crippen molar-refractivity contribution in [1.82, 2.24) is 0 Å². The summed E-state index contributed by atoms with van der Waals surface area (Å²) in [7, 11) is 4.20. The van der Waals surface area contributed by atoms with Crippen molar-refractivity contribution in [1.29, 1.82) is 0 Å². The zero-order valence-electron chi connectivity index (χ0n) is 22.1. The van der Waals surface area contributed by atoms with Crippen LogP contribution < -0.4 is 14.7 Å². The number of ether oxygens (including phenoxy) is 1. The standard InChI is InChI=1S/C30H37N3O2S/c1-6-31(3)24-15-13-23(14-16-24)30(34)25-21-26(36-5)29(32(4)7-2)27(22-11-9-8-10-12-22)28(25)33-17-19-35-20-18-33/h8-16,21H,6-7,17-20H2,1-5H3. The SMILES string of the molecule is CCN(C)c1ccc(C(=O)c2cc(SC)c(N(C)CC)c(-c3ccccc3)c2N2CCOCC2)cc1. The van der Waals surface area contributed by atoms with Gasteiger partial charge in [0.15, 0.2) is 5.78 Å². The lowest BCUT2D eigenvalue weighted by Gasteiger charge is -2.35. The average Bonchev–Trinajstić information content (AvgIpc) is 2.95.